The van der Waals surface area contributed by atoms with Crippen molar-refractivity contribution in [2.45, 2.75) is 20.3 Å². The fourth-order valence-corrected chi connectivity index (χ4v) is 0.961. The first-order chi connectivity index (χ1) is 5.29. The Morgan fingerprint density at radius 2 is 2.27 bits per heavy atom. The molecule has 0 aromatic rings. The van der Waals surface area contributed by atoms with Crippen LogP contribution in [-0.2, 0) is 0 Å². The summed E-state index contributed by atoms with van der Waals surface area (Å²) in [5.74, 6) is 2.52. The Labute approximate surface area is 69.2 Å². The van der Waals surface area contributed by atoms with Crippen molar-refractivity contribution in [1.29, 1.82) is 0 Å². The lowest BCUT2D eigenvalue weighted by Crippen LogP contribution is -2.07. The molecule has 0 spiro atoms. The number of nitrogens with one attached hydrogen (secondary N) is 1. The molecular weight excluding hydrogens is 134 g/mol. The summed E-state index contributed by atoms with van der Waals surface area (Å²) in [4.78, 5) is 0. The van der Waals surface area contributed by atoms with E-state index < -0.39 is 0 Å². The molecule has 0 amide bonds. The standard InChI is InChI=1S/C10H15N/c1-5-8-9(6-2)10(7-3)11-4/h1,7-8,11H,6H2,2-4H3/b9-8-,10-7+. The van der Waals surface area contributed by atoms with Gasteiger partial charge in [0.1, 0.15) is 0 Å². The summed E-state index contributed by atoms with van der Waals surface area (Å²) in [7, 11) is 1.90. The molecule has 0 aromatic heterocycles. The molecule has 0 bridgehead atoms. The van der Waals surface area contributed by atoms with Gasteiger partial charge in [0.25, 0.3) is 0 Å². The van der Waals surface area contributed by atoms with Crippen molar-refractivity contribution in [3.8, 4) is 12.3 Å². The van der Waals surface area contributed by atoms with Gasteiger partial charge in [0.15, 0.2) is 0 Å². The van der Waals surface area contributed by atoms with E-state index in [1.165, 1.54) is 5.57 Å². The third kappa shape index (κ3) is 2.95. The zero-order valence-electron chi connectivity index (χ0n) is 7.44. The highest BCUT2D eigenvalue weighted by atomic mass is 14.8. The van der Waals surface area contributed by atoms with Crippen molar-refractivity contribution >= 4 is 0 Å². The minimum Gasteiger partial charge on any atom is -0.388 e. The molecule has 1 N–H and O–H groups in total. The van der Waals surface area contributed by atoms with Gasteiger partial charge in [0.05, 0.1) is 0 Å². The second kappa shape index (κ2) is 5.61. The van der Waals surface area contributed by atoms with Crippen molar-refractivity contribution in [3.05, 3.63) is 23.4 Å². The molecule has 11 heavy (non-hydrogen) atoms. The highest BCUT2D eigenvalue weighted by Gasteiger charge is 1.96. The number of terminal acetylenes is 1. The van der Waals surface area contributed by atoms with E-state index in [0.717, 1.165) is 12.1 Å². The van der Waals surface area contributed by atoms with Gasteiger partial charge in [-0.3, -0.25) is 0 Å². The van der Waals surface area contributed by atoms with Crippen LogP contribution in [0.4, 0.5) is 0 Å². The topological polar surface area (TPSA) is 12.0 Å². The van der Waals surface area contributed by atoms with Crippen LogP contribution in [0.3, 0.4) is 0 Å². The normalized spacial score (nSPS) is 12.5. The number of hydrogen-bond acceptors (Lipinski definition) is 1. The van der Waals surface area contributed by atoms with Crippen molar-refractivity contribution in [2.75, 3.05) is 7.05 Å². The van der Waals surface area contributed by atoms with Crippen molar-refractivity contribution in [1.82, 2.24) is 5.32 Å². The molecule has 0 unspecified atom stereocenters. The van der Waals surface area contributed by atoms with Crippen LogP contribution in [0.15, 0.2) is 23.4 Å². The Kier molecular flexibility index (Phi) is 5.02. The molecule has 0 aliphatic heterocycles. The zero-order valence-corrected chi connectivity index (χ0v) is 7.44. The van der Waals surface area contributed by atoms with E-state index in [4.69, 9.17) is 6.42 Å². The molecule has 0 aromatic carbocycles. The summed E-state index contributed by atoms with van der Waals surface area (Å²) in [5.41, 5.74) is 2.29. The third-order valence-electron chi connectivity index (χ3n) is 1.54. The maximum atomic E-state index is 5.17. The molecule has 1 heteroatoms. The number of hydrogen-bond donors (Lipinski definition) is 1. The molecule has 0 rings (SSSR count). The van der Waals surface area contributed by atoms with Gasteiger partial charge in [0, 0.05) is 12.7 Å². The van der Waals surface area contributed by atoms with E-state index in [1.54, 1.807) is 6.08 Å². The van der Waals surface area contributed by atoms with Gasteiger partial charge >= 0.3 is 0 Å². The average molecular weight is 149 g/mol. The maximum Gasteiger partial charge on any atom is 0.0333 e. The van der Waals surface area contributed by atoms with Gasteiger partial charge in [-0.1, -0.05) is 18.9 Å². The number of allylic oxidation sites excluding steroid dienone is 3. The second-order valence-electron chi connectivity index (χ2n) is 2.14. The SMILES string of the molecule is C#C/C=C(CC)\C(=C/C)NC. The molecular formula is C10H15N. The predicted molar refractivity (Wildman–Crippen MR) is 50.0 cm³/mol. The minimum absolute atomic E-state index is 0.963. The van der Waals surface area contributed by atoms with Gasteiger partial charge in [-0.05, 0) is 25.0 Å². The first-order valence-corrected chi connectivity index (χ1v) is 3.79. The number of likely N-dealkylation sites (N-methyl/N-ethyl adjacent to an activating group) is 1. The molecule has 0 heterocycles. The molecule has 0 radical (unpaired) electrons. The van der Waals surface area contributed by atoms with E-state index in [0.29, 0.717) is 0 Å². The molecule has 0 aliphatic rings. The molecule has 60 valence electrons. The summed E-state index contributed by atoms with van der Waals surface area (Å²) >= 11 is 0. The van der Waals surface area contributed by atoms with Crippen LogP contribution in [0, 0.1) is 12.3 Å². The molecule has 0 saturated carbocycles. The summed E-state index contributed by atoms with van der Waals surface area (Å²) < 4.78 is 0. The van der Waals surface area contributed by atoms with Crippen LogP contribution < -0.4 is 5.32 Å². The summed E-state index contributed by atoms with van der Waals surface area (Å²) in [6, 6.07) is 0. The van der Waals surface area contributed by atoms with Crippen LogP contribution >= 0.6 is 0 Å². The van der Waals surface area contributed by atoms with Crippen LogP contribution in [-0.4, -0.2) is 7.05 Å². The molecule has 0 aliphatic carbocycles. The quantitative estimate of drug-likeness (QED) is 0.478. The van der Waals surface area contributed by atoms with Gasteiger partial charge in [-0.2, -0.15) is 0 Å². The van der Waals surface area contributed by atoms with Gasteiger partial charge < -0.3 is 5.32 Å². The van der Waals surface area contributed by atoms with Gasteiger partial charge in [-0.15, -0.1) is 6.42 Å². The van der Waals surface area contributed by atoms with Crippen LogP contribution in [0.1, 0.15) is 20.3 Å². The predicted octanol–water partition coefficient (Wildman–Crippen LogP) is 2.08. The molecule has 0 atom stereocenters. The molecule has 0 saturated heterocycles. The fourth-order valence-electron chi connectivity index (χ4n) is 0.961. The van der Waals surface area contributed by atoms with E-state index in [1.807, 2.05) is 20.0 Å². The van der Waals surface area contributed by atoms with Gasteiger partial charge in [0.2, 0.25) is 0 Å². The third-order valence-corrected chi connectivity index (χ3v) is 1.54. The highest BCUT2D eigenvalue weighted by molar-refractivity contribution is 5.33. The molecule has 0 fully saturated rings. The Morgan fingerprint density at radius 3 is 2.55 bits per heavy atom. The van der Waals surface area contributed by atoms with Crippen molar-refractivity contribution < 1.29 is 0 Å². The lowest BCUT2D eigenvalue weighted by atomic mass is 10.1. The fraction of sp³-hybridized carbons (Fsp3) is 0.400. The Morgan fingerprint density at radius 1 is 1.64 bits per heavy atom. The minimum atomic E-state index is 0.963. The lowest BCUT2D eigenvalue weighted by Gasteiger charge is -2.07. The Hall–Kier alpha value is -1.16. The molecule has 1 nitrogen and oxygen atoms in total. The monoisotopic (exact) mass is 149 g/mol. The van der Waals surface area contributed by atoms with E-state index in [-0.39, 0.29) is 0 Å². The van der Waals surface area contributed by atoms with E-state index in [9.17, 15) is 0 Å². The van der Waals surface area contributed by atoms with Crippen LogP contribution in [0.2, 0.25) is 0 Å². The first-order valence-electron chi connectivity index (χ1n) is 3.79. The summed E-state index contributed by atoms with van der Waals surface area (Å²) in [6.45, 7) is 4.08. The van der Waals surface area contributed by atoms with Crippen LogP contribution in [0.5, 0.6) is 0 Å². The lowest BCUT2D eigenvalue weighted by molar-refractivity contribution is 0.950. The largest absolute Gasteiger partial charge is 0.388 e. The van der Waals surface area contributed by atoms with Crippen molar-refractivity contribution in [2.24, 2.45) is 0 Å². The Balaban J connectivity index is 4.52. The number of rotatable bonds is 3. The first kappa shape index (κ1) is 9.84. The van der Waals surface area contributed by atoms with Crippen molar-refractivity contribution in [3.63, 3.8) is 0 Å². The maximum absolute atomic E-state index is 5.17. The zero-order chi connectivity index (χ0) is 8.69. The second-order valence-corrected chi connectivity index (χ2v) is 2.14. The van der Waals surface area contributed by atoms with Crippen LogP contribution in [0.25, 0.3) is 0 Å². The summed E-state index contributed by atoms with van der Waals surface area (Å²) in [5, 5.41) is 3.08. The van der Waals surface area contributed by atoms with E-state index in [2.05, 4.69) is 18.2 Å². The Bertz CT molecular complexity index is 203. The highest BCUT2D eigenvalue weighted by Crippen LogP contribution is 2.09. The smallest absolute Gasteiger partial charge is 0.0333 e. The van der Waals surface area contributed by atoms with E-state index >= 15 is 0 Å². The summed E-state index contributed by atoms with van der Waals surface area (Å²) in [6.07, 6.45) is 9.95. The van der Waals surface area contributed by atoms with Gasteiger partial charge in [-0.25, -0.2) is 0 Å². The average Bonchev–Trinajstić information content (AvgIpc) is 2.05.